The summed E-state index contributed by atoms with van der Waals surface area (Å²) in [6, 6.07) is 11.7. The van der Waals surface area contributed by atoms with Crippen molar-refractivity contribution in [3.05, 3.63) is 57.7 Å². The number of carbonyl (C=O) groups is 1. The molecule has 1 aromatic carbocycles. The minimum atomic E-state index is -0.217. The summed E-state index contributed by atoms with van der Waals surface area (Å²) in [6.45, 7) is 2.62. The molecule has 1 amide bonds. The smallest absolute Gasteiger partial charge is 0.243 e. The number of benzene rings is 1. The molecular weight excluding hydrogens is 330 g/mol. The van der Waals surface area contributed by atoms with E-state index in [-0.39, 0.29) is 11.9 Å². The number of nitrogens with one attached hydrogen (secondary N) is 2. The summed E-state index contributed by atoms with van der Waals surface area (Å²) in [4.78, 5) is 16.7. The first kappa shape index (κ1) is 14.2. The minimum Gasteiger partial charge on any atom is -0.309 e. The minimum absolute atomic E-state index is 0.0428. The molecule has 4 nitrogen and oxygen atoms in total. The lowest BCUT2D eigenvalue weighted by atomic mass is 9.95. The molecule has 0 saturated carbocycles. The van der Waals surface area contributed by atoms with Gasteiger partial charge in [0.1, 0.15) is 5.82 Å². The topological polar surface area (TPSA) is 54.0 Å². The highest BCUT2D eigenvalue weighted by molar-refractivity contribution is 9.10. The van der Waals surface area contributed by atoms with Crippen LogP contribution in [-0.4, -0.2) is 16.9 Å². The van der Waals surface area contributed by atoms with Gasteiger partial charge in [-0.3, -0.25) is 4.79 Å². The first-order valence-corrected chi connectivity index (χ1v) is 7.67. The van der Waals surface area contributed by atoms with Gasteiger partial charge in [0.2, 0.25) is 5.91 Å². The molecule has 1 aliphatic rings. The van der Waals surface area contributed by atoms with Crippen LogP contribution in [0.4, 0.5) is 5.82 Å². The number of amides is 1. The summed E-state index contributed by atoms with van der Waals surface area (Å²) in [5, 5.41) is 6.15. The van der Waals surface area contributed by atoms with Crippen LogP contribution in [0.2, 0.25) is 0 Å². The van der Waals surface area contributed by atoms with Crippen LogP contribution in [0.3, 0.4) is 0 Å². The maximum absolute atomic E-state index is 12.3. The molecule has 108 valence electrons. The van der Waals surface area contributed by atoms with E-state index in [1.807, 2.05) is 25.1 Å². The number of anilines is 1. The average Bonchev–Trinajstić information content (AvgIpc) is 2.50. The van der Waals surface area contributed by atoms with Crippen molar-refractivity contribution in [2.75, 3.05) is 5.32 Å². The van der Waals surface area contributed by atoms with E-state index in [0.29, 0.717) is 12.2 Å². The van der Waals surface area contributed by atoms with Gasteiger partial charge in [0.15, 0.2) is 0 Å². The van der Waals surface area contributed by atoms with Gasteiger partial charge in [-0.05, 0) is 52.5 Å². The van der Waals surface area contributed by atoms with Crippen LogP contribution in [0.25, 0.3) is 0 Å². The van der Waals surface area contributed by atoms with E-state index in [0.717, 1.165) is 16.7 Å². The lowest BCUT2D eigenvalue weighted by Gasteiger charge is -2.25. The Morgan fingerprint density at radius 1 is 1.29 bits per heavy atom. The fraction of sp³-hybridized carbons (Fsp3) is 0.250. The van der Waals surface area contributed by atoms with E-state index < -0.39 is 0 Å². The van der Waals surface area contributed by atoms with Gasteiger partial charge in [-0.25, -0.2) is 4.98 Å². The van der Waals surface area contributed by atoms with Crippen molar-refractivity contribution in [2.24, 2.45) is 0 Å². The molecule has 2 heterocycles. The predicted molar refractivity (Wildman–Crippen MR) is 86.1 cm³/mol. The molecule has 1 aliphatic heterocycles. The summed E-state index contributed by atoms with van der Waals surface area (Å²) in [7, 11) is 0. The average molecular weight is 346 g/mol. The zero-order valence-corrected chi connectivity index (χ0v) is 13.3. The van der Waals surface area contributed by atoms with Gasteiger partial charge in [0.05, 0.1) is 11.7 Å². The number of nitrogens with zero attached hydrogens (tertiary/aromatic N) is 1. The fourth-order valence-corrected chi connectivity index (χ4v) is 2.69. The largest absolute Gasteiger partial charge is 0.309 e. The van der Waals surface area contributed by atoms with E-state index in [1.165, 1.54) is 11.1 Å². The number of hydrogen-bond acceptors (Lipinski definition) is 3. The number of aromatic nitrogens is 1. The van der Waals surface area contributed by atoms with Crippen molar-refractivity contribution in [2.45, 2.75) is 25.9 Å². The van der Waals surface area contributed by atoms with Crippen LogP contribution < -0.4 is 10.6 Å². The van der Waals surface area contributed by atoms with E-state index in [2.05, 4.69) is 43.7 Å². The Morgan fingerprint density at radius 2 is 2.05 bits per heavy atom. The predicted octanol–water partition coefficient (Wildman–Crippen LogP) is 2.81. The Bertz CT molecular complexity index is 687. The number of pyridine rings is 1. The molecule has 2 aromatic rings. The van der Waals surface area contributed by atoms with Crippen LogP contribution in [0, 0.1) is 6.92 Å². The molecule has 0 fully saturated rings. The Hall–Kier alpha value is -1.72. The second-order valence-electron chi connectivity index (χ2n) is 5.16. The number of fused-ring (bicyclic) bond motifs is 1. The molecule has 2 N–H and O–H groups in total. The monoisotopic (exact) mass is 345 g/mol. The highest BCUT2D eigenvalue weighted by Gasteiger charge is 2.24. The number of hydrogen-bond donors (Lipinski definition) is 2. The van der Waals surface area contributed by atoms with Crippen molar-refractivity contribution in [3.8, 4) is 0 Å². The maximum atomic E-state index is 12.3. The first-order valence-electron chi connectivity index (χ1n) is 6.87. The molecular formula is C16H16BrN3O. The second kappa shape index (κ2) is 5.95. The molecule has 0 radical (unpaired) electrons. The van der Waals surface area contributed by atoms with Gasteiger partial charge >= 0.3 is 0 Å². The number of rotatable bonds is 2. The maximum Gasteiger partial charge on any atom is 0.243 e. The Kier molecular flexibility index (Phi) is 4.03. The Morgan fingerprint density at radius 3 is 2.81 bits per heavy atom. The third kappa shape index (κ3) is 3.14. The summed E-state index contributed by atoms with van der Waals surface area (Å²) < 4.78 is 0.935. The van der Waals surface area contributed by atoms with Gasteiger partial charge in [-0.1, -0.05) is 24.3 Å². The summed E-state index contributed by atoms with van der Waals surface area (Å²) >= 11 is 3.40. The molecule has 1 aromatic heterocycles. The fourth-order valence-electron chi connectivity index (χ4n) is 2.47. The Labute approximate surface area is 132 Å². The third-order valence-corrected chi connectivity index (χ3v) is 4.51. The number of aryl methyl sites for hydroxylation is 1. The zero-order chi connectivity index (χ0) is 14.8. The third-order valence-electron chi connectivity index (χ3n) is 3.67. The quantitative estimate of drug-likeness (QED) is 0.879. The first-order chi connectivity index (χ1) is 10.1. The van der Waals surface area contributed by atoms with E-state index >= 15 is 0 Å². The molecule has 5 heteroatoms. The van der Waals surface area contributed by atoms with Crippen LogP contribution in [0.1, 0.15) is 16.8 Å². The van der Waals surface area contributed by atoms with Gasteiger partial charge in [0.25, 0.3) is 0 Å². The second-order valence-corrected chi connectivity index (χ2v) is 6.01. The zero-order valence-electron chi connectivity index (χ0n) is 11.7. The van der Waals surface area contributed by atoms with E-state index in [1.54, 1.807) is 6.07 Å². The normalized spacial score (nSPS) is 17.1. The summed E-state index contributed by atoms with van der Waals surface area (Å²) in [6.07, 6.45) is 0.706. The molecule has 0 saturated heterocycles. The Balaban J connectivity index is 1.70. The highest BCUT2D eigenvalue weighted by atomic mass is 79.9. The molecule has 1 atom stereocenters. The standard InChI is InChI=1S/C16H16BrN3O/c1-10-13(17)6-7-15(19-10)20-16(21)14-8-11-4-2-3-5-12(11)9-18-14/h2-7,14,18H,8-9H2,1H3,(H,19,20,21)/t14-/m0/s1. The molecule has 3 rings (SSSR count). The highest BCUT2D eigenvalue weighted by Crippen LogP contribution is 2.19. The lowest BCUT2D eigenvalue weighted by Crippen LogP contribution is -2.44. The van der Waals surface area contributed by atoms with Crippen LogP contribution in [0.5, 0.6) is 0 Å². The van der Waals surface area contributed by atoms with E-state index in [4.69, 9.17) is 0 Å². The van der Waals surface area contributed by atoms with Crippen LogP contribution in [0.15, 0.2) is 40.9 Å². The van der Waals surface area contributed by atoms with Crippen molar-refractivity contribution in [1.29, 1.82) is 0 Å². The molecule has 0 spiro atoms. The van der Waals surface area contributed by atoms with Crippen LogP contribution in [-0.2, 0) is 17.8 Å². The van der Waals surface area contributed by atoms with Gasteiger partial charge < -0.3 is 10.6 Å². The number of carbonyl (C=O) groups excluding carboxylic acids is 1. The van der Waals surface area contributed by atoms with E-state index in [9.17, 15) is 4.79 Å². The van der Waals surface area contributed by atoms with Crippen molar-refractivity contribution >= 4 is 27.7 Å². The summed E-state index contributed by atoms with van der Waals surface area (Å²) in [5.74, 6) is 0.542. The van der Waals surface area contributed by atoms with Gasteiger partial charge in [-0.2, -0.15) is 0 Å². The SMILES string of the molecule is Cc1nc(NC(=O)[C@@H]2Cc3ccccc3CN2)ccc1Br. The van der Waals surface area contributed by atoms with Crippen molar-refractivity contribution in [1.82, 2.24) is 10.3 Å². The van der Waals surface area contributed by atoms with Crippen LogP contribution >= 0.6 is 15.9 Å². The van der Waals surface area contributed by atoms with Gasteiger partial charge in [0, 0.05) is 11.0 Å². The van der Waals surface area contributed by atoms with Crippen molar-refractivity contribution in [3.63, 3.8) is 0 Å². The van der Waals surface area contributed by atoms with Gasteiger partial charge in [-0.15, -0.1) is 0 Å². The molecule has 0 bridgehead atoms. The molecule has 0 aliphatic carbocycles. The number of halogens is 1. The molecule has 0 unspecified atom stereocenters. The summed E-state index contributed by atoms with van der Waals surface area (Å²) in [5.41, 5.74) is 3.35. The molecule has 21 heavy (non-hydrogen) atoms. The van der Waals surface area contributed by atoms with Crippen molar-refractivity contribution < 1.29 is 4.79 Å². The lowest BCUT2D eigenvalue weighted by molar-refractivity contribution is -0.118.